The molecule has 0 bridgehead atoms. The van der Waals surface area contributed by atoms with Gasteiger partial charge < -0.3 is 9.47 Å². The number of benzene rings is 2. The van der Waals surface area contributed by atoms with Gasteiger partial charge in [0.15, 0.2) is 0 Å². The Morgan fingerprint density at radius 3 is 2.32 bits per heavy atom. The molecule has 0 N–H and O–H groups in total. The van der Waals surface area contributed by atoms with Crippen LogP contribution in [-0.2, 0) is 10.0 Å². The fourth-order valence-electron chi connectivity index (χ4n) is 2.93. The number of sulfonamides is 1. The molecule has 0 aliphatic carbocycles. The molecule has 0 aromatic heterocycles. The predicted octanol–water partition coefficient (Wildman–Crippen LogP) is 3.70. The van der Waals surface area contributed by atoms with E-state index >= 15 is 0 Å². The number of fused-ring (bicyclic) bond motifs is 1. The lowest BCUT2D eigenvalue weighted by Gasteiger charge is -2.43. The smallest absolute Gasteiger partial charge is 0.264 e. The standard InChI is InChI=1S/C19H23NO4S/c1-19(2,3)18-13-24-17-8-6-5-7-16(17)20(18)25(21,22)15-11-9-14(23-4)10-12-15/h5-12,18H,13H2,1-4H3/t18-/m0/s1. The molecule has 25 heavy (non-hydrogen) atoms. The van der Waals surface area contributed by atoms with Crippen LogP contribution in [0.5, 0.6) is 11.5 Å². The molecule has 134 valence electrons. The number of nitrogens with zero attached hydrogens (tertiary/aromatic N) is 1. The van der Waals surface area contributed by atoms with Crippen LogP contribution in [0.25, 0.3) is 0 Å². The quantitative estimate of drug-likeness (QED) is 0.836. The van der Waals surface area contributed by atoms with E-state index in [9.17, 15) is 8.42 Å². The van der Waals surface area contributed by atoms with Gasteiger partial charge in [-0.15, -0.1) is 0 Å². The van der Waals surface area contributed by atoms with Crippen molar-refractivity contribution < 1.29 is 17.9 Å². The Kier molecular flexibility index (Phi) is 4.41. The van der Waals surface area contributed by atoms with Crippen LogP contribution in [0.2, 0.25) is 0 Å². The predicted molar refractivity (Wildman–Crippen MR) is 97.8 cm³/mol. The van der Waals surface area contributed by atoms with Gasteiger partial charge in [-0.1, -0.05) is 32.9 Å². The second-order valence-corrected chi connectivity index (χ2v) is 8.95. The Balaban J connectivity index is 2.14. The third-order valence-corrected chi connectivity index (χ3v) is 6.24. The Labute approximate surface area is 149 Å². The van der Waals surface area contributed by atoms with Crippen LogP contribution in [0.3, 0.4) is 0 Å². The Bertz CT molecular complexity index is 854. The lowest BCUT2D eigenvalue weighted by molar-refractivity contribution is 0.193. The molecule has 1 aliphatic rings. The minimum absolute atomic E-state index is 0.235. The summed E-state index contributed by atoms with van der Waals surface area (Å²) in [5, 5.41) is 0. The van der Waals surface area contributed by atoms with Gasteiger partial charge in [-0.2, -0.15) is 0 Å². The maximum Gasteiger partial charge on any atom is 0.264 e. The van der Waals surface area contributed by atoms with Gasteiger partial charge in [-0.3, -0.25) is 4.31 Å². The minimum atomic E-state index is -3.73. The zero-order valence-electron chi connectivity index (χ0n) is 14.9. The van der Waals surface area contributed by atoms with Gasteiger partial charge >= 0.3 is 0 Å². The van der Waals surface area contributed by atoms with Gasteiger partial charge in [-0.05, 0) is 41.8 Å². The van der Waals surface area contributed by atoms with Crippen LogP contribution in [0.4, 0.5) is 5.69 Å². The highest BCUT2D eigenvalue weighted by Gasteiger charge is 2.42. The Morgan fingerprint density at radius 2 is 1.72 bits per heavy atom. The normalized spacial score (nSPS) is 17.6. The third-order valence-electron chi connectivity index (χ3n) is 4.40. The zero-order valence-corrected chi connectivity index (χ0v) is 15.7. The molecule has 0 saturated heterocycles. The monoisotopic (exact) mass is 361 g/mol. The summed E-state index contributed by atoms with van der Waals surface area (Å²) in [5.41, 5.74) is 0.289. The van der Waals surface area contributed by atoms with Gasteiger partial charge in [0, 0.05) is 0 Å². The van der Waals surface area contributed by atoms with Gasteiger partial charge in [-0.25, -0.2) is 8.42 Å². The SMILES string of the molecule is COc1ccc(S(=O)(=O)N2c3ccccc3OC[C@H]2C(C)(C)C)cc1. The van der Waals surface area contributed by atoms with Crippen molar-refractivity contribution in [3.8, 4) is 11.5 Å². The number of para-hydroxylation sites is 2. The van der Waals surface area contributed by atoms with Gasteiger partial charge in [0.1, 0.15) is 18.1 Å². The lowest BCUT2D eigenvalue weighted by atomic mass is 9.86. The highest BCUT2D eigenvalue weighted by Crippen LogP contribution is 2.42. The summed E-state index contributed by atoms with van der Waals surface area (Å²) < 4.78 is 39.3. The average molecular weight is 361 g/mol. The highest BCUT2D eigenvalue weighted by atomic mass is 32.2. The van der Waals surface area contributed by atoms with Crippen LogP contribution >= 0.6 is 0 Å². The summed E-state index contributed by atoms with van der Waals surface area (Å²) >= 11 is 0. The van der Waals surface area contributed by atoms with E-state index in [1.807, 2.05) is 32.9 Å². The third kappa shape index (κ3) is 3.18. The van der Waals surface area contributed by atoms with Crippen molar-refractivity contribution >= 4 is 15.7 Å². The molecule has 0 radical (unpaired) electrons. The van der Waals surface area contributed by atoms with Gasteiger partial charge in [0.25, 0.3) is 10.0 Å². The van der Waals surface area contributed by atoms with E-state index in [0.29, 0.717) is 23.8 Å². The summed E-state index contributed by atoms with van der Waals surface area (Å²) in [6.07, 6.45) is 0. The van der Waals surface area contributed by atoms with Crippen molar-refractivity contribution in [2.24, 2.45) is 5.41 Å². The van der Waals surface area contributed by atoms with E-state index in [2.05, 4.69) is 0 Å². The average Bonchev–Trinajstić information content (AvgIpc) is 2.59. The number of hydrogen-bond donors (Lipinski definition) is 0. The first-order chi connectivity index (χ1) is 11.7. The fraction of sp³-hybridized carbons (Fsp3) is 0.368. The molecule has 1 aliphatic heterocycles. The number of hydrogen-bond acceptors (Lipinski definition) is 4. The molecular weight excluding hydrogens is 338 g/mol. The highest BCUT2D eigenvalue weighted by molar-refractivity contribution is 7.92. The second-order valence-electron chi connectivity index (χ2n) is 7.14. The van der Waals surface area contributed by atoms with Gasteiger partial charge in [0.2, 0.25) is 0 Å². The number of methoxy groups -OCH3 is 1. The van der Waals surface area contributed by atoms with Crippen LogP contribution in [-0.4, -0.2) is 28.2 Å². The second kappa shape index (κ2) is 6.26. The molecule has 3 rings (SSSR count). The molecule has 1 atom stereocenters. The van der Waals surface area contributed by atoms with Crippen molar-refractivity contribution in [3.05, 3.63) is 48.5 Å². The zero-order chi connectivity index (χ0) is 18.2. The van der Waals surface area contributed by atoms with Crippen LogP contribution in [0.1, 0.15) is 20.8 Å². The molecule has 0 unspecified atom stereocenters. The molecule has 2 aromatic rings. The molecule has 0 amide bonds. The molecule has 0 fully saturated rings. The summed E-state index contributed by atoms with van der Waals surface area (Å²) in [6, 6.07) is 13.4. The molecule has 0 saturated carbocycles. The van der Waals surface area contributed by atoms with E-state index in [1.54, 1.807) is 43.5 Å². The van der Waals surface area contributed by atoms with Gasteiger partial charge in [0.05, 0.1) is 23.7 Å². The summed E-state index contributed by atoms with van der Waals surface area (Å²) in [7, 11) is -2.18. The van der Waals surface area contributed by atoms with Crippen molar-refractivity contribution in [1.29, 1.82) is 0 Å². The molecule has 5 nitrogen and oxygen atoms in total. The molecule has 0 spiro atoms. The molecule has 6 heteroatoms. The summed E-state index contributed by atoms with van der Waals surface area (Å²) in [5.74, 6) is 1.20. The van der Waals surface area contributed by atoms with Crippen molar-refractivity contribution in [2.45, 2.75) is 31.7 Å². The summed E-state index contributed by atoms with van der Waals surface area (Å²) in [4.78, 5) is 0.235. The first-order valence-electron chi connectivity index (χ1n) is 8.15. The van der Waals surface area contributed by atoms with E-state index in [0.717, 1.165) is 0 Å². The van der Waals surface area contributed by atoms with Crippen LogP contribution in [0.15, 0.2) is 53.4 Å². The Hall–Kier alpha value is -2.21. The number of rotatable bonds is 3. The maximum atomic E-state index is 13.4. The first-order valence-corrected chi connectivity index (χ1v) is 9.59. The van der Waals surface area contributed by atoms with E-state index < -0.39 is 10.0 Å². The summed E-state index contributed by atoms with van der Waals surface area (Å²) in [6.45, 7) is 6.37. The van der Waals surface area contributed by atoms with E-state index in [1.165, 1.54) is 4.31 Å². The van der Waals surface area contributed by atoms with Crippen molar-refractivity contribution in [2.75, 3.05) is 18.0 Å². The van der Waals surface area contributed by atoms with E-state index in [-0.39, 0.29) is 16.4 Å². The minimum Gasteiger partial charge on any atom is -0.497 e. The van der Waals surface area contributed by atoms with Crippen molar-refractivity contribution in [3.63, 3.8) is 0 Å². The van der Waals surface area contributed by atoms with Crippen LogP contribution < -0.4 is 13.8 Å². The number of anilines is 1. The molecule has 2 aromatic carbocycles. The Morgan fingerprint density at radius 1 is 1.08 bits per heavy atom. The van der Waals surface area contributed by atoms with Crippen LogP contribution in [0, 0.1) is 5.41 Å². The fourth-order valence-corrected chi connectivity index (χ4v) is 4.75. The largest absolute Gasteiger partial charge is 0.497 e. The first kappa shape index (κ1) is 17.6. The topological polar surface area (TPSA) is 55.8 Å². The molecule has 1 heterocycles. The molecular formula is C19H23NO4S. The maximum absolute atomic E-state index is 13.4. The number of ether oxygens (including phenoxy) is 2. The van der Waals surface area contributed by atoms with Crippen molar-refractivity contribution in [1.82, 2.24) is 0 Å². The van der Waals surface area contributed by atoms with E-state index in [4.69, 9.17) is 9.47 Å². The lowest BCUT2D eigenvalue weighted by Crippen LogP contribution is -2.53.